The fourth-order valence-corrected chi connectivity index (χ4v) is 3.81. The van der Waals surface area contributed by atoms with Gasteiger partial charge >= 0.3 is 5.97 Å². The van der Waals surface area contributed by atoms with Crippen LogP contribution in [0.3, 0.4) is 0 Å². The lowest BCUT2D eigenvalue weighted by molar-refractivity contribution is 0.0600. The first-order chi connectivity index (χ1) is 15.2. The third-order valence-corrected chi connectivity index (χ3v) is 5.57. The molecule has 6 nitrogen and oxygen atoms in total. The third kappa shape index (κ3) is 7.40. The molecule has 3 rings (SSSR count). The fourth-order valence-electron chi connectivity index (χ4n) is 3.81. The molecule has 1 saturated heterocycles. The molecule has 0 radical (unpaired) electrons. The smallest absolute Gasteiger partial charge is 0.337 e. The molecule has 1 aliphatic rings. The van der Waals surface area contributed by atoms with E-state index in [1.165, 1.54) is 12.7 Å². The summed E-state index contributed by atoms with van der Waals surface area (Å²) >= 11 is 0. The molecule has 0 spiro atoms. The van der Waals surface area contributed by atoms with Crippen LogP contribution in [-0.2, 0) is 17.7 Å². The maximum atomic E-state index is 11.5. The number of aliphatic imine (C=N–C) groups is 1. The van der Waals surface area contributed by atoms with E-state index in [-0.39, 0.29) is 5.97 Å². The molecular formula is C25H34N4O2. The minimum atomic E-state index is -0.307. The van der Waals surface area contributed by atoms with Gasteiger partial charge in [-0.3, -0.25) is 9.89 Å². The molecule has 6 heteroatoms. The number of nitrogens with one attached hydrogen (secondary N) is 2. The van der Waals surface area contributed by atoms with Crippen LogP contribution in [0.2, 0.25) is 0 Å². The zero-order valence-corrected chi connectivity index (χ0v) is 18.6. The highest BCUT2D eigenvalue weighted by Crippen LogP contribution is 2.14. The van der Waals surface area contributed by atoms with Gasteiger partial charge in [0.25, 0.3) is 0 Å². The first-order valence-corrected chi connectivity index (χ1v) is 11.2. The highest BCUT2D eigenvalue weighted by atomic mass is 16.5. The number of carbonyl (C=O) groups excluding carboxylic acids is 1. The Morgan fingerprint density at radius 2 is 1.77 bits per heavy atom. The molecule has 2 N–H and O–H groups in total. The van der Waals surface area contributed by atoms with E-state index in [9.17, 15) is 4.79 Å². The summed E-state index contributed by atoms with van der Waals surface area (Å²) in [6.45, 7) is 6.84. The summed E-state index contributed by atoms with van der Waals surface area (Å²) < 4.78 is 4.74. The van der Waals surface area contributed by atoms with Gasteiger partial charge < -0.3 is 15.4 Å². The molecule has 0 atom stereocenters. The van der Waals surface area contributed by atoms with Gasteiger partial charge in [0.2, 0.25) is 0 Å². The quantitative estimate of drug-likeness (QED) is 0.388. The SMILES string of the molecule is CCNC(=NCCc1ccc(C(=O)OC)cc1)NC1CCN(Cc2ccccc2)CC1. The van der Waals surface area contributed by atoms with E-state index in [2.05, 4.69) is 52.8 Å². The Balaban J connectivity index is 1.45. The number of ether oxygens (including phenoxy) is 1. The number of likely N-dealkylation sites (tertiary alicyclic amines) is 1. The minimum absolute atomic E-state index is 0.307. The van der Waals surface area contributed by atoms with Crippen molar-refractivity contribution in [3.05, 3.63) is 71.3 Å². The number of methoxy groups -OCH3 is 1. The van der Waals surface area contributed by atoms with E-state index < -0.39 is 0 Å². The molecule has 1 aliphatic heterocycles. The van der Waals surface area contributed by atoms with Gasteiger partial charge in [-0.2, -0.15) is 0 Å². The lowest BCUT2D eigenvalue weighted by Crippen LogP contribution is -2.48. The number of carbonyl (C=O) groups is 1. The van der Waals surface area contributed by atoms with Crippen molar-refractivity contribution in [1.82, 2.24) is 15.5 Å². The standard InChI is InChI=1S/C25H34N4O2/c1-3-26-25(27-16-13-20-9-11-22(12-10-20)24(30)31-2)28-23-14-17-29(18-15-23)19-21-7-5-4-6-8-21/h4-12,23H,3,13-19H2,1-2H3,(H2,26,27,28). The Labute approximate surface area is 185 Å². The van der Waals surface area contributed by atoms with E-state index in [1.54, 1.807) is 12.1 Å². The maximum Gasteiger partial charge on any atom is 0.337 e. The molecule has 0 amide bonds. The molecule has 0 aromatic heterocycles. The number of rotatable bonds is 8. The van der Waals surface area contributed by atoms with Crippen molar-refractivity contribution in [3.63, 3.8) is 0 Å². The first kappa shape index (κ1) is 22.8. The van der Waals surface area contributed by atoms with Gasteiger partial charge in [0, 0.05) is 38.8 Å². The summed E-state index contributed by atoms with van der Waals surface area (Å²) in [5.74, 6) is 0.577. The van der Waals surface area contributed by atoms with E-state index >= 15 is 0 Å². The van der Waals surface area contributed by atoms with Crippen LogP contribution in [0.25, 0.3) is 0 Å². The van der Waals surface area contributed by atoms with Gasteiger partial charge in [0.05, 0.1) is 12.7 Å². The summed E-state index contributed by atoms with van der Waals surface area (Å²) in [6.07, 6.45) is 3.06. The van der Waals surface area contributed by atoms with Crippen LogP contribution in [0, 0.1) is 0 Å². The molecule has 2 aromatic rings. The van der Waals surface area contributed by atoms with Crippen molar-refractivity contribution in [3.8, 4) is 0 Å². The van der Waals surface area contributed by atoms with Crippen LogP contribution < -0.4 is 10.6 Å². The Bertz CT molecular complexity index is 828. The molecular weight excluding hydrogens is 388 g/mol. The Hall–Kier alpha value is -2.86. The summed E-state index contributed by atoms with van der Waals surface area (Å²) in [4.78, 5) is 18.8. The third-order valence-electron chi connectivity index (χ3n) is 5.57. The summed E-state index contributed by atoms with van der Waals surface area (Å²) in [5, 5.41) is 6.97. The van der Waals surface area contributed by atoms with Gasteiger partial charge in [-0.1, -0.05) is 42.5 Å². The average molecular weight is 423 g/mol. The number of esters is 1. The van der Waals surface area contributed by atoms with Gasteiger partial charge in [-0.25, -0.2) is 4.79 Å². The van der Waals surface area contributed by atoms with E-state index in [0.717, 1.165) is 57.0 Å². The van der Waals surface area contributed by atoms with Crippen molar-refractivity contribution >= 4 is 11.9 Å². The van der Waals surface area contributed by atoms with Crippen molar-refractivity contribution in [2.45, 2.75) is 38.8 Å². The van der Waals surface area contributed by atoms with E-state index in [1.807, 2.05) is 12.1 Å². The van der Waals surface area contributed by atoms with Crippen LogP contribution in [0.5, 0.6) is 0 Å². The molecule has 31 heavy (non-hydrogen) atoms. The predicted octanol–water partition coefficient (Wildman–Crippen LogP) is 3.24. The molecule has 0 unspecified atom stereocenters. The van der Waals surface area contributed by atoms with Crippen molar-refractivity contribution in [2.24, 2.45) is 4.99 Å². The summed E-state index contributed by atoms with van der Waals surface area (Å²) in [6, 6.07) is 18.7. The molecule has 1 heterocycles. The van der Waals surface area contributed by atoms with Crippen LogP contribution in [0.4, 0.5) is 0 Å². The van der Waals surface area contributed by atoms with Gasteiger partial charge in [0.1, 0.15) is 0 Å². The van der Waals surface area contributed by atoms with E-state index in [0.29, 0.717) is 18.2 Å². The second-order valence-corrected chi connectivity index (χ2v) is 7.88. The maximum absolute atomic E-state index is 11.5. The topological polar surface area (TPSA) is 66.0 Å². The molecule has 2 aromatic carbocycles. The second-order valence-electron chi connectivity index (χ2n) is 7.88. The summed E-state index contributed by atoms with van der Waals surface area (Å²) in [5.41, 5.74) is 3.10. The molecule has 0 bridgehead atoms. The zero-order chi connectivity index (χ0) is 21.9. The highest BCUT2D eigenvalue weighted by molar-refractivity contribution is 5.89. The zero-order valence-electron chi connectivity index (χ0n) is 18.6. The van der Waals surface area contributed by atoms with Crippen LogP contribution in [0.1, 0.15) is 41.3 Å². The molecule has 0 saturated carbocycles. The number of benzene rings is 2. The Morgan fingerprint density at radius 1 is 1.06 bits per heavy atom. The average Bonchev–Trinajstić information content (AvgIpc) is 2.81. The molecule has 0 aliphatic carbocycles. The Kier molecular flexibility index (Phi) is 8.91. The number of hydrogen-bond donors (Lipinski definition) is 2. The Morgan fingerprint density at radius 3 is 2.42 bits per heavy atom. The number of guanidine groups is 1. The normalized spacial score (nSPS) is 15.5. The number of piperidine rings is 1. The summed E-state index contributed by atoms with van der Waals surface area (Å²) in [7, 11) is 1.40. The number of hydrogen-bond acceptors (Lipinski definition) is 4. The number of nitrogens with zero attached hydrogens (tertiary/aromatic N) is 2. The van der Waals surface area contributed by atoms with Crippen LogP contribution in [0.15, 0.2) is 59.6 Å². The van der Waals surface area contributed by atoms with Crippen molar-refractivity contribution in [1.29, 1.82) is 0 Å². The van der Waals surface area contributed by atoms with Gasteiger partial charge in [-0.15, -0.1) is 0 Å². The lowest BCUT2D eigenvalue weighted by Gasteiger charge is -2.33. The monoisotopic (exact) mass is 422 g/mol. The van der Waals surface area contributed by atoms with Crippen molar-refractivity contribution < 1.29 is 9.53 Å². The molecule has 1 fully saturated rings. The second kappa shape index (κ2) is 12.1. The molecule has 166 valence electrons. The van der Waals surface area contributed by atoms with Gasteiger partial charge in [0.15, 0.2) is 5.96 Å². The van der Waals surface area contributed by atoms with Crippen LogP contribution >= 0.6 is 0 Å². The highest BCUT2D eigenvalue weighted by Gasteiger charge is 2.20. The van der Waals surface area contributed by atoms with Crippen LogP contribution in [-0.4, -0.2) is 56.2 Å². The first-order valence-electron chi connectivity index (χ1n) is 11.2. The minimum Gasteiger partial charge on any atom is -0.465 e. The van der Waals surface area contributed by atoms with Gasteiger partial charge in [-0.05, 0) is 49.4 Å². The largest absolute Gasteiger partial charge is 0.465 e. The lowest BCUT2D eigenvalue weighted by atomic mass is 10.0. The fraction of sp³-hybridized carbons (Fsp3) is 0.440. The predicted molar refractivity (Wildman–Crippen MR) is 125 cm³/mol. The van der Waals surface area contributed by atoms with E-state index in [4.69, 9.17) is 9.73 Å². The van der Waals surface area contributed by atoms with Crippen molar-refractivity contribution in [2.75, 3.05) is 33.3 Å².